The van der Waals surface area contributed by atoms with Crippen LogP contribution in [-0.4, -0.2) is 55.9 Å². The average Bonchev–Trinajstić information content (AvgIpc) is 2.54. The Kier molecular flexibility index (Phi) is 3.98. The monoisotopic (exact) mass is 275 g/mol. The summed E-state index contributed by atoms with van der Waals surface area (Å²) >= 11 is 0. The molecule has 5 nitrogen and oxygen atoms in total. The molecule has 1 aliphatic carbocycles. The van der Waals surface area contributed by atoms with Gasteiger partial charge in [0, 0.05) is 24.9 Å². The molecule has 0 bridgehead atoms. The molecule has 3 aliphatic rings. The van der Waals surface area contributed by atoms with E-state index in [4.69, 9.17) is 4.74 Å². The molecule has 108 valence electrons. The van der Waals surface area contributed by atoms with Gasteiger partial charge < -0.3 is 15.0 Å². The summed E-state index contributed by atoms with van der Waals surface area (Å²) in [6.45, 7) is 2.43. The second-order valence-electron chi connectivity index (χ2n) is 5.49. The Bertz CT molecular complexity index is 464. The molecule has 1 N–H and O–H groups in total. The summed E-state index contributed by atoms with van der Waals surface area (Å²) in [5.41, 5.74) is 0.928. The summed E-state index contributed by atoms with van der Waals surface area (Å²) in [6, 6.07) is 0.00650. The number of ether oxygens (including phenoxy) is 1. The standard InChI is InChI=1S/C15H21N3O2/c1-18(15(19)11-4-6-16-7-5-11)12-2-3-14-13(10-12)17-8-9-20-14/h2-3,8,10-11,13-14,16H,4-7,9H2,1H3. The molecule has 5 heteroatoms. The van der Waals surface area contributed by atoms with E-state index in [1.165, 1.54) is 0 Å². The van der Waals surface area contributed by atoms with Gasteiger partial charge in [-0.3, -0.25) is 9.79 Å². The molecule has 0 aromatic rings. The zero-order valence-corrected chi connectivity index (χ0v) is 11.8. The number of rotatable bonds is 2. The summed E-state index contributed by atoms with van der Waals surface area (Å²) in [5.74, 6) is 0.348. The van der Waals surface area contributed by atoms with Crippen molar-refractivity contribution in [1.82, 2.24) is 10.2 Å². The Morgan fingerprint density at radius 1 is 1.45 bits per heavy atom. The van der Waals surface area contributed by atoms with Gasteiger partial charge in [0.15, 0.2) is 0 Å². The zero-order valence-electron chi connectivity index (χ0n) is 11.8. The van der Waals surface area contributed by atoms with Crippen LogP contribution in [0.1, 0.15) is 12.8 Å². The van der Waals surface area contributed by atoms with Crippen LogP contribution in [0.15, 0.2) is 28.9 Å². The van der Waals surface area contributed by atoms with Crippen LogP contribution in [0.2, 0.25) is 0 Å². The quantitative estimate of drug-likeness (QED) is 0.808. The number of carbonyl (C=O) groups excluding carboxylic acids is 1. The number of allylic oxidation sites excluding steroid dienone is 1. The molecule has 3 rings (SSSR count). The molecule has 1 saturated heterocycles. The highest BCUT2D eigenvalue weighted by atomic mass is 16.5. The fourth-order valence-corrected chi connectivity index (χ4v) is 2.93. The number of amides is 1. The first kappa shape index (κ1) is 13.5. The Morgan fingerprint density at radius 3 is 3.05 bits per heavy atom. The Balaban J connectivity index is 1.70. The Hall–Kier alpha value is -1.46. The molecule has 2 unspecified atom stereocenters. The third-order valence-electron chi connectivity index (χ3n) is 4.18. The third-order valence-corrected chi connectivity index (χ3v) is 4.18. The van der Waals surface area contributed by atoms with Crippen LogP contribution in [0.5, 0.6) is 0 Å². The summed E-state index contributed by atoms with van der Waals surface area (Å²) in [6.07, 6.45) is 9.67. The highest BCUT2D eigenvalue weighted by molar-refractivity contribution is 5.81. The van der Waals surface area contributed by atoms with Crippen LogP contribution in [-0.2, 0) is 9.53 Å². The van der Waals surface area contributed by atoms with E-state index < -0.39 is 0 Å². The van der Waals surface area contributed by atoms with Gasteiger partial charge in [0.2, 0.25) is 5.91 Å². The SMILES string of the molecule is CN(C(=O)C1CCNCC1)C1=CC2N=CCOC2C=C1. The fourth-order valence-electron chi connectivity index (χ4n) is 2.93. The van der Waals surface area contributed by atoms with Crippen LogP contribution in [0, 0.1) is 5.92 Å². The smallest absolute Gasteiger partial charge is 0.229 e. The molecule has 0 spiro atoms. The van der Waals surface area contributed by atoms with Crippen molar-refractivity contribution in [2.75, 3.05) is 26.7 Å². The van der Waals surface area contributed by atoms with E-state index in [0.717, 1.165) is 31.6 Å². The van der Waals surface area contributed by atoms with Crippen LogP contribution in [0.25, 0.3) is 0 Å². The largest absolute Gasteiger partial charge is 0.366 e. The van der Waals surface area contributed by atoms with Crippen molar-refractivity contribution < 1.29 is 9.53 Å². The van der Waals surface area contributed by atoms with Gasteiger partial charge >= 0.3 is 0 Å². The van der Waals surface area contributed by atoms with E-state index in [9.17, 15) is 4.79 Å². The van der Waals surface area contributed by atoms with E-state index in [1.54, 1.807) is 11.1 Å². The molecular weight excluding hydrogens is 254 g/mol. The minimum atomic E-state index is 0.00650. The number of nitrogens with one attached hydrogen (secondary N) is 1. The molecule has 0 aromatic carbocycles. The summed E-state index contributed by atoms with van der Waals surface area (Å²) < 4.78 is 5.59. The lowest BCUT2D eigenvalue weighted by atomic mass is 9.95. The van der Waals surface area contributed by atoms with Gasteiger partial charge in [-0.1, -0.05) is 6.08 Å². The number of hydrogen-bond donors (Lipinski definition) is 1. The van der Waals surface area contributed by atoms with Gasteiger partial charge in [-0.15, -0.1) is 0 Å². The zero-order chi connectivity index (χ0) is 13.9. The van der Waals surface area contributed by atoms with Crippen molar-refractivity contribution in [3.05, 3.63) is 23.9 Å². The molecule has 0 radical (unpaired) electrons. The maximum Gasteiger partial charge on any atom is 0.229 e. The van der Waals surface area contributed by atoms with E-state index >= 15 is 0 Å². The molecular formula is C15H21N3O2. The highest BCUT2D eigenvalue weighted by Crippen LogP contribution is 2.23. The second kappa shape index (κ2) is 5.89. The first-order valence-corrected chi connectivity index (χ1v) is 7.27. The molecule has 1 amide bonds. The second-order valence-corrected chi connectivity index (χ2v) is 5.49. The number of fused-ring (bicyclic) bond motifs is 1. The molecule has 0 saturated carbocycles. The first-order chi connectivity index (χ1) is 9.75. The maximum absolute atomic E-state index is 12.5. The summed E-state index contributed by atoms with van der Waals surface area (Å²) in [4.78, 5) is 18.7. The maximum atomic E-state index is 12.5. The van der Waals surface area contributed by atoms with E-state index in [0.29, 0.717) is 6.61 Å². The van der Waals surface area contributed by atoms with Crippen LogP contribution < -0.4 is 5.32 Å². The molecule has 2 atom stereocenters. The number of nitrogens with zero attached hydrogens (tertiary/aromatic N) is 2. The van der Waals surface area contributed by atoms with Gasteiger partial charge in [-0.2, -0.15) is 0 Å². The van der Waals surface area contributed by atoms with Crippen molar-refractivity contribution >= 4 is 12.1 Å². The van der Waals surface area contributed by atoms with E-state index in [-0.39, 0.29) is 24.0 Å². The lowest BCUT2D eigenvalue weighted by molar-refractivity contribution is -0.133. The molecule has 20 heavy (non-hydrogen) atoms. The van der Waals surface area contributed by atoms with Gasteiger partial charge in [0.25, 0.3) is 0 Å². The third kappa shape index (κ3) is 2.69. The normalized spacial score (nSPS) is 29.8. The number of aliphatic imine (C=N–C) groups is 1. The lowest BCUT2D eigenvalue weighted by Crippen LogP contribution is -2.40. The van der Waals surface area contributed by atoms with Gasteiger partial charge in [-0.25, -0.2) is 0 Å². The molecule has 0 aromatic heterocycles. The number of hydrogen-bond acceptors (Lipinski definition) is 4. The Labute approximate surface area is 119 Å². The fraction of sp³-hybridized carbons (Fsp3) is 0.600. The minimum absolute atomic E-state index is 0.00650. The first-order valence-electron chi connectivity index (χ1n) is 7.27. The van der Waals surface area contributed by atoms with Crippen molar-refractivity contribution in [3.8, 4) is 0 Å². The van der Waals surface area contributed by atoms with Gasteiger partial charge in [0.05, 0.1) is 12.6 Å². The lowest BCUT2D eigenvalue weighted by Gasteiger charge is -2.31. The summed E-state index contributed by atoms with van der Waals surface area (Å²) in [5, 5.41) is 3.29. The van der Waals surface area contributed by atoms with Gasteiger partial charge in [0.1, 0.15) is 6.10 Å². The van der Waals surface area contributed by atoms with E-state index in [2.05, 4.69) is 10.3 Å². The van der Waals surface area contributed by atoms with Crippen molar-refractivity contribution in [1.29, 1.82) is 0 Å². The van der Waals surface area contributed by atoms with Crippen LogP contribution in [0.4, 0.5) is 0 Å². The van der Waals surface area contributed by atoms with Gasteiger partial charge in [-0.05, 0) is 38.1 Å². The molecule has 2 aliphatic heterocycles. The van der Waals surface area contributed by atoms with E-state index in [1.807, 2.05) is 25.3 Å². The predicted molar refractivity (Wildman–Crippen MR) is 77.6 cm³/mol. The van der Waals surface area contributed by atoms with Crippen molar-refractivity contribution in [3.63, 3.8) is 0 Å². The number of likely N-dealkylation sites (N-methyl/N-ethyl adjacent to an activating group) is 1. The van der Waals surface area contributed by atoms with Crippen molar-refractivity contribution in [2.45, 2.75) is 25.0 Å². The minimum Gasteiger partial charge on any atom is -0.366 e. The predicted octanol–water partition coefficient (Wildman–Crippen LogP) is 0.736. The van der Waals surface area contributed by atoms with Crippen LogP contribution in [0.3, 0.4) is 0 Å². The topological polar surface area (TPSA) is 53.9 Å². The number of piperidine rings is 1. The average molecular weight is 275 g/mol. The molecule has 1 fully saturated rings. The Morgan fingerprint density at radius 2 is 2.25 bits per heavy atom. The van der Waals surface area contributed by atoms with Crippen LogP contribution >= 0.6 is 0 Å². The van der Waals surface area contributed by atoms with Crippen molar-refractivity contribution in [2.24, 2.45) is 10.9 Å². The number of carbonyl (C=O) groups is 1. The molecule has 2 heterocycles. The highest BCUT2D eigenvalue weighted by Gasteiger charge is 2.28. The summed E-state index contributed by atoms with van der Waals surface area (Å²) in [7, 11) is 1.86.